The van der Waals surface area contributed by atoms with Crippen LogP contribution in [0.4, 0.5) is 0 Å². The Morgan fingerprint density at radius 1 is 1.32 bits per heavy atom. The van der Waals surface area contributed by atoms with Crippen LogP contribution in [0.25, 0.3) is 0 Å². The first kappa shape index (κ1) is 16.0. The summed E-state index contributed by atoms with van der Waals surface area (Å²) in [6, 6.07) is 0. The summed E-state index contributed by atoms with van der Waals surface area (Å²) >= 11 is 0. The normalized spacial score (nSPS) is 19.6. The molecule has 1 heterocycles. The fourth-order valence-corrected chi connectivity index (χ4v) is 2.46. The number of hydrogen-bond donors (Lipinski definition) is 1. The molecule has 2 amide bonds. The van der Waals surface area contributed by atoms with E-state index >= 15 is 0 Å². The third-order valence-electron chi connectivity index (χ3n) is 3.75. The first-order valence-electron chi connectivity index (χ1n) is 7.37. The molecule has 5 nitrogen and oxygen atoms in total. The van der Waals surface area contributed by atoms with Crippen LogP contribution < -0.4 is 5.32 Å². The number of carbonyl (C=O) groups is 2. The molecule has 1 unspecified atom stereocenters. The smallest absolute Gasteiger partial charge is 0.311 e. The summed E-state index contributed by atoms with van der Waals surface area (Å²) in [4.78, 5) is 27.6. The Bertz CT molecular complexity index is 303. The van der Waals surface area contributed by atoms with Gasteiger partial charge in [-0.15, -0.1) is 0 Å². The van der Waals surface area contributed by atoms with Crippen LogP contribution in [0.2, 0.25) is 0 Å². The average Bonchev–Trinajstić information content (AvgIpc) is 2.42. The molecule has 1 saturated heterocycles. The van der Waals surface area contributed by atoms with Gasteiger partial charge in [-0.05, 0) is 31.8 Å². The average molecular weight is 269 g/mol. The highest BCUT2D eigenvalue weighted by atomic mass is 16.2. The van der Waals surface area contributed by atoms with Crippen LogP contribution in [0, 0.1) is 5.92 Å². The van der Waals surface area contributed by atoms with E-state index < -0.39 is 5.91 Å². The lowest BCUT2D eigenvalue weighted by Crippen LogP contribution is -2.48. The Kier molecular flexibility index (Phi) is 6.84. The van der Waals surface area contributed by atoms with Gasteiger partial charge in [-0.3, -0.25) is 9.59 Å². The van der Waals surface area contributed by atoms with Gasteiger partial charge in [0.15, 0.2) is 0 Å². The van der Waals surface area contributed by atoms with Crippen LogP contribution in [0.3, 0.4) is 0 Å². The molecule has 1 atom stereocenters. The van der Waals surface area contributed by atoms with Crippen LogP contribution in [0.1, 0.15) is 33.6 Å². The number of rotatable bonds is 5. The summed E-state index contributed by atoms with van der Waals surface area (Å²) in [7, 11) is 0. The molecule has 19 heavy (non-hydrogen) atoms. The second-order valence-corrected chi connectivity index (χ2v) is 5.28. The second-order valence-electron chi connectivity index (χ2n) is 5.28. The summed E-state index contributed by atoms with van der Waals surface area (Å²) in [5.41, 5.74) is 0. The minimum Gasteiger partial charge on any atom is -0.347 e. The van der Waals surface area contributed by atoms with Gasteiger partial charge in [0.1, 0.15) is 0 Å². The molecule has 0 aromatic carbocycles. The lowest BCUT2D eigenvalue weighted by molar-refractivity contribution is -0.147. The van der Waals surface area contributed by atoms with E-state index in [9.17, 15) is 9.59 Å². The molecule has 0 aromatic rings. The van der Waals surface area contributed by atoms with Crippen molar-refractivity contribution in [1.29, 1.82) is 0 Å². The number of hydrogen-bond acceptors (Lipinski definition) is 3. The largest absolute Gasteiger partial charge is 0.347 e. The van der Waals surface area contributed by atoms with Gasteiger partial charge in [-0.2, -0.15) is 0 Å². The van der Waals surface area contributed by atoms with E-state index in [1.54, 1.807) is 4.90 Å². The van der Waals surface area contributed by atoms with Gasteiger partial charge in [-0.25, -0.2) is 0 Å². The van der Waals surface area contributed by atoms with Crippen LogP contribution in [0.15, 0.2) is 0 Å². The van der Waals surface area contributed by atoms with Crippen LogP contribution in [-0.2, 0) is 9.59 Å². The predicted octanol–water partition coefficient (Wildman–Crippen LogP) is 0.703. The summed E-state index contributed by atoms with van der Waals surface area (Å²) < 4.78 is 0. The van der Waals surface area contributed by atoms with Crippen molar-refractivity contribution in [3.8, 4) is 0 Å². The molecule has 1 fully saturated rings. The van der Waals surface area contributed by atoms with Gasteiger partial charge in [0.25, 0.3) is 0 Å². The van der Waals surface area contributed by atoms with Crippen molar-refractivity contribution < 1.29 is 9.59 Å². The van der Waals surface area contributed by atoms with E-state index in [-0.39, 0.29) is 5.91 Å². The van der Waals surface area contributed by atoms with Crippen LogP contribution >= 0.6 is 0 Å². The number of amides is 2. The highest BCUT2D eigenvalue weighted by Gasteiger charge is 2.25. The predicted molar refractivity (Wildman–Crippen MR) is 75.8 cm³/mol. The van der Waals surface area contributed by atoms with Gasteiger partial charge in [-0.1, -0.05) is 20.8 Å². The quantitative estimate of drug-likeness (QED) is 0.748. The number of carbonyl (C=O) groups excluding carboxylic acids is 2. The Morgan fingerprint density at radius 2 is 2.00 bits per heavy atom. The summed E-state index contributed by atoms with van der Waals surface area (Å²) in [6.45, 7) is 11.0. The van der Waals surface area contributed by atoms with Gasteiger partial charge in [0.05, 0.1) is 0 Å². The molecular weight excluding hydrogens is 242 g/mol. The third kappa shape index (κ3) is 5.19. The number of likely N-dealkylation sites (N-methyl/N-ethyl adjacent to an activating group) is 1. The van der Waals surface area contributed by atoms with E-state index in [4.69, 9.17) is 0 Å². The van der Waals surface area contributed by atoms with Crippen molar-refractivity contribution in [3.63, 3.8) is 0 Å². The van der Waals surface area contributed by atoms with Gasteiger partial charge < -0.3 is 15.1 Å². The lowest BCUT2D eigenvalue weighted by Gasteiger charge is -2.30. The second kappa shape index (κ2) is 8.15. The molecule has 0 aromatic heterocycles. The van der Waals surface area contributed by atoms with E-state index in [2.05, 4.69) is 31.0 Å². The number of likely N-dealkylation sites (tertiary alicyclic amines) is 1. The van der Waals surface area contributed by atoms with Crippen LogP contribution in [0.5, 0.6) is 0 Å². The highest BCUT2D eigenvalue weighted by molar-refractivity contribution is 6.35. The molecule has 1 N–H and O–H groups in total. The maximum Gasteiger partial charge on any atom is 0.311 e. The molecular formula is C14H27N3O2. The zero-order chi connectivity index (χ0) is 14.3. The lowest BCUT2D eigenvalue weighted by atomic mass is 10.0. The molecule has 1 aliphatic rings. The molecule has 110 valence electrons. The first-order valence-corrected chi connectivity index (χ1v) is 7.37. The molecule has 5 heteroatoms. The maximum absolute atomic E-state index is 12.0. The molecule has 0 saturated carbocycles. The van der Waals surface area contributed by atoms with Crippen molar-refractivity contribution in [2.75, 3.05) is 39.3 Å². The molecule has 1 rings (SSSR count). The molecule has 1 aliphatic heterocycles. The van der Waals surface area contributed by atoms with Gasteiger partial charge in [0, 0.05) is 26.2 Å². The van der Waals surface area contributed by atoms with E-state index in [1.165, 1.54) is 0 Å². The summed E-state index contributed by atoms with van der Waals surface area (Å²) in [6.07, 6.45) is 2.15. The number of piperidine rings is 1. The fraction of sp³-hybridized carbons (Fsp3) is 0.857. The Labute approximate surface area is 116 Å². The SMILES string of the molecule is CCN(CC)CCNC(=O)C(=O)N1CCCC(C)C1. The Balaban J connectivity index is 2.30. The van der Waals surface area contributed by atoms with Crippen molar-refractivity contribution >= 4 is 11.8 Å². The summed E-state index contributed by atoms with van der Waals surface area (Å²) in [5, 5.41) is 2.72. The number of nitrogens with zero attached hydrogens (tertiary/aromatic N) is 2. The van der Waals surface area contributed by atoms with E-state index in [1.807, 2.05) is 0 Å². The van der Waals surface area contributed by atoms with Crippen molar-refractivity contribution in [3.05, 3.63) is 0 Å². The zero-order valence-electron chi connectivity index (χ0n) is 12.4. The summed E-state index contributed by atoms with van der Waals surface area (Å²) in [5.74, 6) is -0.325. The standard InChI is InChI=1S/C14H27N3O2/c1-4-16(5-2)10-8-15-13(18)14(19)17-9-6-7-12(3)11-17/h12H,4-11H2,1-3H3,(H,15,18). The Morgan fingerprint density at radius 3 is 2.58 bits per heavy atom. The topological polar surface area (TPSA) is 52.7 Å². The molecule has 0 aliphatic carbocycles. The Hall–Kier alpha value is -1.10. The minimum atomic E-state index is -0.457. The van der Waals surface area contributed by atoms with Crippen molar-refractivity contribution in [2.45, 2.75) is 33.6 Å². The maximum atomic E-state index is 12.0. The van der Waals surface area contributed by atoms with Gasteiger partial charge >= 0.3 is 11.8 Å². The third-order valence-corrected chi connectivity index (χ3v) is 3.75. The zero-order valence-corrected chi connectivity index (χ0v) is 12.4. The van der Waals surface area contributed by atoms with E-state index in [0.717, 1.165) is 32.5 Å². The molecule has 0 bridgehead atoms. The highest BCUT2D eigenvalue weighted by Crippen LogP contribution is 2.15. The van der Waals surface area contributed by atoms with Crippen molar-refractivity contribution in [2.24, 2.45) is 5.92 Å². The molecule has 0 radical (unpaired) electrons. The molecule has 0 spiro atoms. The van der Waals surface area contributed by atoms with Crippen LogP contribution in [-0.4, -0.2) is 60.9 Å². The van der Waals surface area contributed by atoms with Gasteiger partial charge in [0.2, 0.25) is 0 Å². The fourth-order valence-electron chi connectivity index (χ4n) is 2.46. The first-order chi connectivity index (χ1) is 9.08. The monoisotopic (exact) mass is 269 g/mol. The minimum absolute atomic E-state index is 0.369. The number of nitrogens with one attached hydrogen (secondary N) is 1. The van der Waals surface area contributed by atoms with Crippen molar-refractivity contribution in [1.82, 2.24) is 15.1 Å². The van der Waals surface area contributed by atoms with E-state index in [0.29, 0.717) is 25.6 Å².